The zero-order valence-corrected chi connectivity index (χ0v) is 9.77. The molecule has 16 heavy (non-hydrogen) atoms. The van der Waals surface area contributed by atoms with E-state index in [9.17, 15) is 9.18 Å². The van der Waals surface area contributed by atoms with E-state index >= 15 is 0 Å². The molecule has 1 amide bonds. The van der Waals surface area contributed by atoms with Crippen LogP contribution in [0.3, 0.4) is 0 Å². The molecule has 1 aromatic rings. The molecule has 2 unspecified atom stereocenters. The largest absolute Gasteiger partial charge is 0.327 e. The van der Waals surface area contributed by atoms with Crippen molar-refractivity contribution in [2.24, 2.45) is 11.7 Å². The summed E-state index contributed by atoms with van der Waals surface area (Å²) >= 11 is 0. The van der Waals surface area contributed by atoms with Crippen molar-refractivity contribution in [2.45, 2.75) is 19.9 Å². The molecule has 0 aromatic heterocycles. The molecule has 0 aliphatic rings. The average Bonchev–Trinajstić information content (AvgIpc) is 2.26. The molecule has 0 saturated carbocycles. The van der Waals surface area contributed by atoms with Crippen molar-refractivity contribution in [1.82, 2.24) is 0 Å². The number of amides is 1. The van der Waals surface area contributed by atoms with Gasteiger partial charge in [0.1, 0.15) is 5.82 Å². The molecule has 4 heteroatoms. The van der Waals surface area contributed by atoms with Crippen LogP contribution in [-0.2, 0) is 4.79 Å². The lowest BCUT2D eigenvalue weighted by Gasteiger charge is -2.23. The van der Waals surface area contributed by atoms with Crippen molar-refractivity contribution in [3.63, 3.8) is 0 Å². The number of carbonyl (C=O) groups is 1. The maximum Gasteiger partial charge on any atom is 0.231 e. The van der Waals surface area contributed by atoms with Crippen molar-refractivity contribution < 1.29 is 9.18 Å². The summed E-state index contributed by atoms with van der Waals surface area (Å²) < 4.78 is 13.4. The third-order valence-electron chi connectivity index (χ3n) is 2.72. The Morgan fingerprint density at radius 1 is 1.38 bits per heavy atom. The molecule has 1 rings (SSSR count). The third-order valence-corrected chi connectivity index (χ3v) is 2.72. The monoisotopic (exact) mass is 224 g/mol. The van der Waals surface area contributed by atoms with Gasteiger partial charge in [0.15, 0.2) is 0 Å². The number of nitrogens with zero attached hydrogens (tertiary/aromatic N) is 1. The van der Waals surface area contributed by atoms with Gasteiger partial charge >= 0.3 is 0 Å². The van der Waals surface area contributed by atoms with Gasteiger partial charge in [-0.1, -0.05) is 19.1 Å². The topological polar surface area (TPSA) is 46.3 Å². The molecule has 3 nitrogen and oxygen atoms in total. The Labute approximate surface area is 95.0 Å². The lowest BCUT2D eigenvalue weighted by Crippen LogP contribution is -2.40. The summed E-state index contributed by atoms with van der Waals surface area (Å²) in [5.74, 6) is -0.917. The maximum atomic E-state index is 13.4. The minimum absolute atomic E-state index is 0.180. The van der Waals surface area contributed by atoms with Crippen LogP contribution in [0, 0.1) is 11.7 Å². The van der Waals surface area contributed by atoms with Gasteiger partial charge in [-0.05, 0) is 19.1 Å². The van der Waals surface area contributed by atoms with Crippen LogP contribution in [0.5, 0.6) is 0 Å². The highest BCUT2D eigenvalue weighted by Crippen LogP contribution is 2.19. The predicted octanol–water partition coefficient (Wildman–Crippen LogP) is 1.77. The molecule has 88 valence electrons. The van der Waals surface area contributed by atoms with Gasteiger partial charge < -0.3 is 10.6 Å². The second kappa shape index (κ2) is 5.07. The standard InChI is InChI=1S/C12H17FN2O/c1-8(9(2)14)12(16)15(3)11-7-5-4-6-10(11)13/h4-9H,14H2,1-3H3. The summed E-state index contributed by atoms with van der Waals surface area (Å²) in [5, 5.41) is 0. The highest BCUT2D eigenvalue weighted by atomic mass is 19.1. The molecule has 0 saturated heterocycles. The number of hydrogen-bond acceptors (Lipinski definition) is 2. The first-order chi connectivity index (χ1) is 7.45. The second-order valence-corrected chi connectivity index (χ2v) is 4.00. The zero-order valence-electron chi connectivity index (χ0n) is 9.77. The Morgan fingerprint density at radius 3 is 2.44 bits per heavy atom. The minimum Gasteiger partial charge on any atom is -0.327 e. The number of rotatable bonds is 3. The second-order valence-electron chi connectivity index (χ2n) is 4.00. The first kappa shape index (κ1) is 12.6. The van der Waals surface area contributed by atoms with E-state index in [4.69, 9.17) is 5.73 Å². The van der Waals surface area contributed by atoms with Gasteiger partial charge in [0.05, 0.1) is 11.6 Å². The van der Waals surface area contributed by atoms with Crippen LogP contribution in [0.2, 0.25) is 0 Å². The van der Waals surface area contributed by atoms with Crippen LogP contribution >= 0.6 is 0 Å². The molecule has 0 aliphatic carbocycles. The first-order valence-corrected chi connectivity index (χ1v) is 5.22. The van der Waals surface area contributed by atoms with E-state index in [-0.39, 0.29) is 23.6 Å². The van der Waals surface area contributed by atoms with Gasteiger partial charge in [-0.15, -0.1) is 0 Å². The number of para-hydroxylation sites is 1. The lowest BCUT2D eigenvalue weighted by atomic mass is 10.0. The van der Waals surface area contributed by atoms with Gasteiger partial charge in [-0.3, -0.25) is 4.79 Å². The quantitative estimate of drug-likeness (QED) is 0.850. The predicted molar refractivity (Wildman–Crippen MR) is 62.6 cm³/mol. The molecule has 0 aliphatic heterocycles. The summed E-state index contributed by atoms with van der Waals surface area (Å²) in [6.45, 7) is 3.50. The van der Waals surface area contributed by atoms with Crippen molar-refractivity contribution in [3.8, 4) is 0 Å². The van der Waals surface area contributed by atoms with Crippen molar-refractivity contribution in [2.75, 3.05) is 11.9 Å². The van der Waals surface area contributed by atoms with E-state index in [1.165, 1.54) is 11.0 Å². The average molecular weight is 224 g/mol. The summed E-state index contributed by atoms with van der Waals surface area (Å²) in [6.07, 6.45) is 0. The summed E-state index contributed by atoms with van der Waals surface area (Å²) in [7, 11) is 1.56. The zero-order chi connectivity index (χ0) is 12.3. The smallest absolute Gasteiger partial charge is 0.231 e. The Morgan fingerprint density at radius 2 is 1.94 bits per heavy atom. The fourth-order valence-electron chi connectivity index (χ4n) is 1.37. The van der Waals surface area contributed by atoms with E-state index < -0.39 is 5.82 Å². The summed E-state index contributed by atoms with van der Waals surface area (Å²) in [6, 6.07) is 5.93. The van der Waals surface area contributed by atoms with E-state index in [1.54, 1.807) is 39.1 Å². The number of anilines is 1. The van der Waals surface area contributed by atoms with E-state index in [1.807, 2.05) is 0 Å². The third kappa shape index (κ3) is 2.58. The first-order valence-electron chi connectivity index (χ1n) is 5.22. The molecule has 2 atom stereocenters. The van der Waals surface area contributed by atoms with Gasteiger partial charge in [0.2, 0.25) is 5.91 Å². The fourth-order valence-corrected chi connectivity index (χ4v) is 1.37. The van der Waals surface area contributed by atoms with Gasteiger partial charge in [0, 0.05) is 13.1 Å². The highest BCUT2D eigenvalue weighted by molar-refractivity contribution is 5.94. The molecule has 0 heterocycles. The Bertz CT molecular complexity index is 379. The SMILES string of the molecule is CC(N)C(C)C(=O)N(C)c1ccccc1F. The molecule has 1 aromatic carbocycles. The van der Waals surface area contributed by atoms with E-state index in [2.05, 4.69) is 0 Å². The number of nitrogens with two attached hydrogens (primary N) is 1. The van der Waals surface area contributed by atoms with Gasteiger partial charge in [-0.25, -0.2) is 4.39 Å². The minimum atomic E-state index is -0.407. The fraction of sp³-hybridized carbons (Fsp3) is 0.417. The highest BCUT2D eigenvalue weighted by Gasteiger charge is 2.23. The molecule has 2 N–H and O–H groups in total. The summed E-state index contributed by atoms with van der Waals surface area (Å²) in [5.41, 5.74) is 5.93. The van der Waals surface area contributed by atoms with Crippen LogP contribution < -0.4 is 10.6 Å². The molecule has 0 radical (unpaired) electrons. The van der Waals surface area contributed by atoms with E-state index in [0.717, 1.165) is 0 Å². The van der Waals surface area contributed by atoms with Gasteiger partial charge in [-0.2, -0.15) is 0 Å². The van der Waals surface area contributed by atoms with Crippen molar-refractivity contribution >= 4 is 11.6 Å². The lowest BCUT2D eigenvalue weighted by molar-refractivity contribution is -0.122. The van der Waals surface area contributed by atoms with Crippen LogP contribution in [0.25, 0.3) is 0 Å². The van der Waals surface area contributed by atoms with Crippen LogP contribution in [-0.4, -0.2) is 19.0 Å². The summed E-state index contributed by atoms with van der Waals surface area (Å²) in [4.78, 5) is 13.2. The van der Waals surface area contributed by atoms with Crippen LogP contribution in [0.4, 0.5) is 10.1 Å². The Balaban J connectivity index is 2.91. The van der Waals surface area contributed by atoms with Crippen molar-refractivity contribution in [3.05, 3.63) is 30.1 Å². The number of halogens is 1. The Kier molecular flexibility index (Phi) is 4.01. The number of carbonyl (C=O) groups excluding carboxylic acids is 1. The van der Waals surface area contributed by atoms with Gasteiger partial charge in [0.25, 0.3) is 0 Å². The molecule has 0 fully saturated rings. The van der Waals surface area contributed by atoms with Crippen LogP contribution in [0.1, 0.15) is 13.8 Å². The van der Waals surface area contributed by atoms with Crippen molar-refractivity contribution in [1.29, 1.82) is 0 Å². The number of hydrogen-bond donors (Lipinski definition) is 1. The van der Waals surface area contributed by atoms with E-state index in [0.29, 0.717) is 0 Å². The molecule has 0 spiro atoms. The normalized spacial score (nSPS) is 14.3. The molecular formula is C12H17FN2O. The van der Waals surface area contributed by atoms with Crippen LogP contribution in [0.15, 0.2) is 24.3 Å². The Hall–Kier alpha value is -1.42. The molecule has 0 bridgehead atoms. The molecular weight excluding hydrogens is 207 g/mol. The maximum absolute atomic E-state index is 13.4. The number of benzene rings is 1.